The highest BCUT2D eigenvalue weighted by Crippen LogP contribution is 2.32. The van der Waals surface area contributed by atoms with E-state index in [4.69, 9.17) is 21.1 Å². The van der Waals surface area contributed by atoms with Crippen molar-refractivity contribution in [3.63, 3.8) is 0 Å². The van der Waals surface area contributed by atoms with E-state index in [1.165, 1.54) is 50.8 Å². The van der Waals surface area contributed by atoms with Crippen molar-refractivity contribution in [3.8, 4) is 11.5 Å². The van der Waals surface area contributed by atoms with E-state index in [0.717, 1.165) is 16.4 Å². The van der Waals surface area contributed by atoms with Gasteiger partial charge in [-0.25, -0.2) is 18.2 Å². The van der Waals surface area contributed by atoms with Crippen molar-refractivity contribution in [1.29, 1.82) is 0 Å². The molecule has 0 saturated carbocycles. The summed E-state index contributed by atoms with van der Waals surface area (Å²) in [5.74, 6) is -0.754. The third-order valence-corrected chi connectivity index (χ3v) is 6.76. The van der Waals surface area contributed by atoms with Gasteiger partial charge in [0.1, 0.15) is 12.4 Å². The molecule has 8 nitrogen and oxygen atoms in total. The van der Waals surface area contributed by atoms with Crippen LogP contribution in [-0.2, 0) is 14.8 Å². The van der Waals surface area contributed by atoms with Crippen LogP contribution >= 0.6 is 11.6 Å². The number of hydrogen-bond acceptors (Lipinski definition) is 6. The third-order valence-electron chi connectivity index (χ3n) is 4.64. The average molecular weight is 506 g/mol. The van der Waals surface area contributed by atoms with Crippen molar-refractivity contribution in [2.45, 2.75) is 4.90 Å². The molecule has 0 atom stereocenters. The molecule has 3 aromatic rings. The Balaban J connectivity index is 1.90. The molecule has 0 spiro atoms. The van der Waals surface area contributed by atoms with E-state index in [1.54, 1.807) is 24.3 Å². The number of sulfonamides is 1. The van der Waals surface area contributed by atoms with Crippen molar-refractivity contribution in [1.82, 2.24) is 5.43 Å². The van der Waals surface area contributed by atoms with Gasteiger partial charge in [-0.15, -0.1) is 0 Å². The van der Waals surface area contributed by atoms with Crippen molar-refractivity contribution >= 4 is 39.4 Å². The van der Waals surface area contributed by atoms with Gasteiger partial charge in [0.15, 0.2) is 11.5 Å². The number of carbonyl (C=O) groups is 1. The van der Waals surface area contributed by atoms with E-state index in [1.807, 2.05) is 0 Å². The maximum Gasteiger partial charge on any atom is 0.264 e. The Morgan fingerprint density at radius 2 is 1.74 bits per heavy atom. The quantitative estimate of drug-likeness (QED) is 0.352. The second kappa shape index (κ2) is 11.0. The number of hydrogen-bond donors (Lipinski definition) is 1. The van der Waals surface area contributed by atoms with Crippen molar-refractivity contribution in [2.75, 3.05) is 25.1 Å². The monoisotopic (exact) mass is 505 g/mol. The van der Waals surface area contributed by atoms with Crippen LogP contribution < -0.4 is 19.2 Å². The summed E-state index contributed by atoms with van der Waals surface area (Å²) in [5.41, 5.74) is 2.93. The van der Waals surface area contributed by atoms with Crippen LogP contribution in [0, 0.1) is 5.82 Å². The van der Waals surface area contributed by atoms with Gasteiger partial charge >= 0.3 is 0 Å². The molecule has 178 valence electrons. The van der Waals surface area contributed by atoms with Gasteiger partial charge in [-0.1, -0.05) is 29.8 Å². The Hall–Kier alpha value is -3.63. The molecule has 0 unspecified atom stereocenters. The molecule has 0 heterocycles. The summed E-state index contributed by atoms with van der Waals surface area (Å²) < 4.78 is 51.6. The molecule has 3 aromatic carbocycles. The molecule has 0 aliphatic heterocycles. The van der Waals surface area contributed by atoms with E-state index >= 15 is 0 Å². The van der Waals surface area contributed by atoms with Gasteiger partial charge in [0.2, 0.25) is 0 Å². The predicted molar refractivity (Wildman–Crippen MR) is 128 cm³/mol. The predicted octanol–water partition coefficient (Wildman–Crippen LogP) is 3.84. The van der Waals surface area contributed by atoms with Crippen LogP contribution in [0.15, 0.2) is 76.7 Å². The number of ether oxygens (including phenoxy) is 2. The Morgan fingerprint density at radius 1 is 1.06 bits per heavy atom. The first-order chi connectivity index (χ1) is 16.3. The molecule has 0 radical (unpaired) electrons. The van der Waals surface area contributed by atoms with Crippen LogP contribution in [0.5, 0.6) is 11.5 Å². The number of halogens is 2. The number of nitrogens with zero attached hydrogens (tertiary/aromatic N) is 2. The zero-order valence-electron chi connectivity index (χ0n) is 18.2. The van der Waals surface area contributed by atoms with E-state index in [2.05, 4.69) is 10.5 Å². The van der Waals surface area contributed by atoms with Crippen LogP contribution in [0.4, 0.5) is 10.1 Å². The Bertz CT molecular complexity index is 1300. The minimum absolute atomic E-state index is 0.0846. The molecule has 11 heteroatoms. The molecule has 1 N–H and O–H groups in total. The number of carbonyl (C=O) groups excluding carboxylic acids is 1. The standard InChI is InChI=1S/C23H21ClFN3O5S/c1-32-21-12-11-19(13-22(21)33-2)34(30,31)28(18-9-7-17(25)8-10-18)15-23(29)27-26-14-16-5-3-4-6-20(16)24/h3-14H,15H2,1-2H3,(H,27,29)/b26-14-. The molecule has 0 bridgehead atoms. The zero-order chi connectivity index (χ0) is 24.7. The van der Waals surface area contributed by atoms with E-state index in [0.29, 0.717) is 16.3 Å². The Labute approximate surface area is 201 Å². The lowest BCUT2D eigenvalue weighted by Gasteiger charge is -2.24. The first kappa shape index (κ1) is 25.0. The molecule has 1 amide bonds. The first-order valence-electron chi connectivity index (χ1n) is 9.83. The van der Waals surface area contributed by atoms with Crippen molar-refractivity contribution in [3.05, 3.63) is 83.1 Å². The summed E-state index contributed by atoms with van der Waals surface area (Å²) in [6.45, 7) is -0.623. The highest BCUT2D eigenvalue weighted by molar-refractivity contribution is 7.92. The van der Waals surface area contributed by atoms with Crippen LogP contribution in [0.25, 0.3) is 0 Å². The maximum absolute atomic E-state index is 13.5. The molecular formula is C23H21ClFN3O5S. The average Bonchev–Trinajstić information content (AvgIpc) is 2.83. The molecule has 0 saturated heterocycles. The molecule has 0 aliphatic rings. The number of hydrazone groups is 1. The lowest BCUT2D eigenvalue weighted by Crippen LogP contribution is -2.39. The van der Waals surface area contributed by atoms with Gasteiger partial charge < -0.3 is 9.47 Å². The van der Waals surface area contributed by atoms with Crippen LogP contribution in [0.2, 0.25) is 5.02 Å². The lowest BCUT2D eigenvalue weighted by molar-refractivity contribution is -0.119. The number of methoxy groups -OCH3 is 2. The summed E-state index contributed by atoms with van der Waals surface area (Å²) >= 11 is 6.05. The minimum atomic E-state index is -4.26. The fourth-order valence-electron chi connectivity index (χ4n) is 2.95. The van der Waals surface area contributed by atoms with Crippen molar-refractivity contribution in [2.24, 2.45) is 5.10 Å². The highest BCUT2D eigenvalue weighted by atomic mass is 35.5. The number of benzene rings is 3. The minimum Gasteiger partial charge on any atom is -0.493 e. The first-order valence-corrected chi connectivity index (χ1v) is 11.6. The highest BCUT2D eigenvalue weighted by Gasteiger charge is 2.28. The van der Waals surface area contributed by atoms with Crippen LogP contribution in [0.1, 0.15) is 5.56 Å². The fourth-order valence-corrected chi connectivity index (χ4v) is 4.57. The van der Waals surface area contributed by atoms with Gasteiger partial charge in [-0.2, -0.15) is 5.10 Å². The SMILES string of the molecule is COc1ccc(S(=O)(=O)N(CC(=O)N/N=C\c2ccccc2Cl)c2ccc(F)cc2)cc1OC. The molecule has 0 fully saturated rings. The Morgan fingerprint density at radius 3 is 2.38 bits per heavy atom. The van der Waals surface area contributed by atoms with Gasteiger partial charge in [0, 0.05) is 16.7 Å². The van der Waals surface area contributed by atoms with Crippen LogP contribution in [-0.4, -0.2) is 41.3 Å². The van der Waals surface area contributed by atoms with E-state index < -0.39 is 28.3 Å². The number of amides is 1. The molecule has 0 aromatic heterocycles. The Kier molecular flexibility index (Phi) is 8.08. The summed E-state index contributed by atoms with van der Waals surface area (Å²) in [6, 6.07) is 15.6. The normalized spacial score (nSPS) is 11.3. The summed E-state index contributed by atoms with van der Waals surface area (Å²) in [6.07, 6.45) is 1.34. The van der Waals surface area contributed by atoms with Crippen LogP contribution in [0.3, 0.4) is 0 Å². The fraction of sp³-hybridized carbons (Fsp3) is 0.130. The second-order valence-electron chi connectivity index (χ2n) is 6.82. The summed E-state index contributed by atoms with van der Waals surface area (Å²) in [5, 5.41) is 4.28. The number of nitrogens with one attached hydrogen (secondary N) is 1. The zero-order valence-corrected chi connectivity index (χ0v) is 19.8. The van der Waals surface area contributed by atoms with Gasteiger partial charge in [-0.05, 0) is 42.5 Å². The largest absolute Gasteiger partial charge is 0.493 e. The van der Waals surface area contributed by atoms with E-state index in [9.17, 15) is 17.6 Å². The second-order valence-corrected chi connectivity index (χ2v) is 9.09. The molecule has 0 aliphatic carbocycles. The maximum atomic E-state index is 13.5. The van der Waals surface area contributed by atoms with Crippen molar-refractivity contribution < 1.29 is 27.1 Å². The lowest BCUT2D eigenvalue weighted by atomic mass is 10.2. The van der Waals surface area contributed by atoms with Gasteiger partial charge in [0.05, 0.1) is 31.0 Å². The topological polar surface area (TPSA) is 97.3 Å². The molecule has 3 rings (SSSR count). The number of anilines is 1. The molecule has 34 heavy (non-hydrogen) atoms. The summed E-state index contributed by atoms with van der Waals surface area (Å²) in [7, 11) is -1.47. The molecular weight excluding hydrogens is 485 g/mol. The van der Waals surface area contributed by atoms with Gasteiger partial charge in [0.25, 0.3) is 15.9 Å². The van der Waals surface area contributed by atoms with Gasteiger partial charge in [-0.3, -0.25) is 9.10 Å². The smallest absolute Gasteiger partial charge is 0.264 e. The van der Waals surface area contributed by atoms with E-state index in [-0.39, 0.29) is 16.3 Å². The summed E-state index contributed by atoms with van der Waals surface area (Å²) in [4.78, 5) is 12.4. The third kappa shape index (κ3) is 5.83. The number of rotatable bonds is 9.